The summed E-state index contributed by atoms with van der Waals surface area (Å²) in [7, 11) is 1.66. The van der Waals surface area contributed by atoms with Gasteiger partial charge in [-0.2, -0.15) is 5.10 Å². The van der Waals surface area contributed by atoms with Crippen LogP contribution >= 0.6 is 0 Å². The number of methoxy groups -OCH3 is 1. The largest absolute Gasteiger partial charge is 0.497 e. The molecule has 33 heavy (non-hydrogen) atoms. The molecule has 0 radical (unpaired) electrons. The van der Waals surface area contributed by atoms with E-state index < -0.39 is 0 Å². The summed E-state index contributed by atoms with van der Waals surface area (Å²) in [5, 5.41) is 8.65. The normalized spacial score (nSPS) is 15.5. The molecule has 0 spiro atoms. The van der Waals surface area contributed by atoms with E-state index in [1.165, 1.54) is 11.1 Å². The Kier molecular flexibility index (Phi) is 7.08. The lowest BCUT2D eigenvalue weighted by molar-refractivity contribution is 0.0918. The molecule has 7 heteroatoms. The van der Waals surface area contributed by atoms with Gasteiger partial charge in [0.25, 0.3) is 11.5 Å². The van der Waals surface area contributed by atoms with Crippen molar-refractivity contribution in [2.45, 2.75) is 45.2 Å². The molecule has 1 aliphatic heterocycles. The molecule has 3 aromatic rings. The number of piperidine rings is 1. The average molecular weight is 449 g/mol. The maximum atomic E-state index is 13.3. The molecule has 174 valence electrons. The van der Waals surface area contributed by atoms with Crippen molar-refractivity contribution in [2.75, 3.05) is 26.7 Å². The Morgan fingerprint density at radius 2 is 1.70 bits per heavy atom. The topological polar surface area (TPSA) is 76.5 Å². The lowest BCUT2D eigenvalue weighted by Crippen LogP contribution is -2.41. The summed E-state index contributed by atoms with van der Waals surface area (Å²) in [4.78, 5) is 28.6. The van der Waals surface area contributed by atoms with Gasteiger partial charge in [-0.3, -0.25) is 14.5 Å². The van der Waals surface area contributed by atoms with Crippen molar-refractivity contribution in [1.29, 1.82) is 0 Å². The van der Waals surface area contributed by atoms with Crippen molar-refractivity contribution >= 4 is 16.7 Å². The second kappa shape index (κ2) is 10.2. The Labute approximate surface area is 194 Å². The standard InChI is InChI=1S/C26H32N4O3/c1-18(2)30-26(32)22-10-6-5-9-21(22)24(28-30)25(31)27-17-23(29-15-7-4-8-16-29)19-11-13-20(33-3)14-12-19/h5-6,9-14,18,23H,4,7-8,15-17H2,1-3H3,(H,27,31). The van der Waals surface area contributed by atoms with Gasteiger partial charge in [-0.05, 0) is 63.5 Å². The highest BCUT2D eigenvalue weighted by Crippen LogP contribution is 2.26. The van der Waals surface area contributed by atoms with E-state index in [2.05, 4.69) is 27.4 Å². The van der Waals surface area contributed by atoms with Crippen LogP contribution in [0.5, 0.6) is 5.75 Å². The number of hydrogen-bond acceptors (Lipinski definition) is 5. The van der Waals surface area contributed by atoms with Gasteiger partial charge >= 0.3 is 0 Å². The number of aromatic nitrogens is 2. The number of nitrogens with zero attached hydrogens (tertiary/aromatic N) is 3. The van der Waals surface area contributed by atoms with E-state index in [0.29, 0.717) is 17.3 Å². The predicted octanol–water partition coefficient (Wildman–Crippen LogP) is 3.94. The van der Waals surface area contributed by atoms with E-state index in [4.69, 9.17) is 4.74 Å². The first kappa shape index (κ1) is 23.0. The molecule has 1 N–H and O–H groups in total. The van der Waals surface area contributed by atoms with Crippen molar-refractivity contribution in [3.8, 4) is 5.75 Å². The van der Waals surface area contributed by atoms with E-state index in [-0.39, 0.29) is 29.2 Å². The fourth-order valence-electron chi connectivity index (χ4n) is 4.51. The van der Waals surface area contributed by atoms with E-state index >= 15 is 0 Å². The number of hydrogen-bond donors (Lipinski definition) is 1. The highest BCUT2D eigenvalue weighted by atomic mass is 16.5. The number of carbonyl (C=O) groups excluding carboxylic acids is 1. The Hall–Kier alpha value is -3.19. The number of likely N-dealkylation sites (tertiary alicyclic amines) is 1. The summed E-state index contributed by atoms with van der Waals surface area (Å²) in [6.45, 7) is 6.25. The number of ether oxygens (including phenoxy) is 1. The summed E-state index contributed by atoms with van der Waals surface area (Å²) in [5.74, 6) is 0.544. The summed E-state index contributed by atoms with van der Waals surface area (Å²) in [6.07, 6.45) is 3.56. The van der Waals surface area contributed by atoms with Crippen LogP contribution in [0.4, 0.5) is 0 Å². The molecule has 1 aliphatic rings. The Bertz CT molecular complexity index is 1160. The number of amides is 1. The molecule has 1 atom stereocenters. The smallest absolute Gasteiger partial charge is 0.274 e. The highest BCUT2D eigenvalue weighted by molar-refractivity contribution is 6.04. The molecule has 0 bridgehead atoms. The predicted molar refractivity (Wildman–Crippen MR) is 130 cm³/mol. The van der Waals surface area contributed by atoms with Crippen molar-refractivity contribution in [3.63, 3.8) is 0 Å². The minimum atomic E-state index is -0.267. The van der Waals surface area contributed by atoms with Crippen LogP contribution in [0, 0.1) is 0 Å². The van der Waals surface area contributed by atoms with Crippen LogP contribution in [0.2, 0.25) is 0 Å². The van der Waals surface area contributed by atoms with Crippen LogP contribution < -0.4 is 15.6 Å². The molecule has 4 rings (SSSR count). The van der Waals surface area contributed by atoms with Crippen molar-refractivity contribution in [3.05, 3.63) is 70.1 Å². The first-order chi connectivity index (χ1) is 16.0. The molecular weight excluding hydrogens is 416 g/mol. The maximum Gasteiger partial charge on any atom is 0.274 e. The van der Waals surface area contributed by atoms with Gasteiger partial charge in [-0.25, -0.2) is 4.68 Å². The van der Waals surface area contributed by atoms with Gasteiger partial charge in [-0.15, -0.1) is 0 Å². The quantitative estimate of drug-likeness (QED) is 0.592. The van der Waals surface area contributed by atoms with E-state index in [1.807, 2.05) is 38.1 Å². The van der Waals surface area contributed by atoms with Gasteiger partial charge in [0, 0.05) is 11.9 Å². The Morgan fingerprint density at radius 3 is 2.33 bits per heavy atom. The Morgan fingerprint density at radius 1 is 1.03 bits per heavy atom. The molecule has 1 aromatic heterocycles. The third-order valence-corrected chi connectivity index (χ3v) is 6.32. The maximum absolute atomic E-state index is 13.3. The summed E-state index contributed by atoms with van der Waals surface area (Å²) in [6, 6.07) is 15.1. The minimum absolute atomic E-state index is 0.0578. The molecule has 2 aromatic carbocycles. The van der Waals surface area contributed by atoms with Gasteiger partial charge in [0.1, 0.15) is 5.75 Å². The second-order valence-corrected chi connectivity index (χ2v) is 8.83. The SMILES string of the molecule is COc1ccc(C(CNC(=O)c2nn(C(C)C)c(=O)c3ccccc23)N2CCCCC2)cc1. The minimum Gasteiger partial charge on any atom is -0.497 e. The summed E-state index contributed by atoms with van der Waals surface area (Å²) >= 11 is 0. The molecular formula is C26H32N4O3. The third-order valence-electron chi connectivity index (χ3n) is 6.32. The monoisotopic (exact) mass is 448 g/mol. The number of carbonyl (C=O) groups is 1. The number of rotatable bonds is 7. The van der Waals surface area contributed by atoms with Gasteiger partial charge in [0.05, 0.1) is 24.6 Å². The zero-order valence-electron chi connectivity index (χ0n) is 19.6. The number of fused-ring (bicyclic) bond motifs is 1. The van der Waals surface area contributed by atoms with Crippen LogP contribution in [0.3, 0.4) is 0 Å². The molecule has 2 heterocycles. The number of nitrogens with one attached hydrogen (secondary N) is 1. The fourth-order valence-corrected chi connectivity index (χ4v) is 4.51. The van der Waals surface area contributed by atoms with Crippen LogP contribution in [-0.2, 0) is 0 Å². The first-order valence-corrected chi connectivity index (χ1v) is 11.7. The van der Waals surface area contributed by atoms with Crippen LogP contribution in [0.25, 0.3) is 10.8 Å². The molecule has 7 nitrogen and oxygen atoms in total. The van der Waals surface area contributed by atoms with E-state index in [9.17, 15) is 9.59 Å². The Balaban J connectivity index is 1.63. The lowest BCUT2D eigenvalue weighted by atomic mass is 10.0. The summed E-state index contributed by atoms with van der Waals surface area (Å²) in [5.41, 5.74) is 1.25. The summed E-state index contributed by atoms with van der Waals surface area (Å²) < 4.78 is 6.70. The molecule has 1 saturated heterocycles. The molecule has 0 saturated carbocycles. The zero-order valence-corrected chi connectivity index (χ0v) is 19.6. The van der Waals surface area contributed by atoms with Crippen LogP contribution in [0.1, 0.15) is 61.2 Å². The van der Waals surface area contributed by atoms with Gasteiger partial charge in [0.15, 0.2) is 5.69 Å². The lowest BCUT2D eigenvalue weighted by Gasteiger charge is -2.35. The number of benzene rings is 2. The van der Waals surface area contributed by atoms with Crippen molar-refractivity contribution < 1.29 is 9.53 Å². The van der Waals surface area contributed by atoms with Gasteiger partial charge in [-0.1, -0.05) is 36.8 Å². The molecule has 1 unspecified atom stereocenters. The first-order valence-electron chi connectivity index (χ1n) is 11.7. The molecule has 1 amide bonds. The van der Waals surface area contributed by atoms with E-state index in [1.54, 1.807) is 19.2 Å². The highest BCUT2D eigenvalue weighted by Gasteiger charge is 2.24. The van der Waals surface area contributed by atoms with Gasteiger partial charge in [0.2, 0.25) is 0 Å². The van der Waals surface area contributed by atoms with Crippen molar-refractivity contribution in [2.24, 2.45) is 0 Å². The van der Waals surface area contributed by atoms with Crippen LogP contribution in [0.15, 0.2) is 53.3 Å². The average Bonchev–Trinajstić information content (AvgIpc) is 2.85. The zero-order chi connectivity index (χ0) is 23.4. The van der Waals surface area contributed by atoms with Crippen LogP contribution in [-0.4, -0.2) is 47.3 Å². The van der Waals surface area contributed by atoms with E-state index in [0.717, 1.165) is 37.2 Å². The van der Waals surface area contributed by atoms with Crippen molar-refractivity contribution in [1.82, 2.24) is 20.0 Å². The third kappa shape index (κ3) is 4.93. The molecule has 1 fully saturated rings. The second-order valence-electron chi connectivity index (χ2n) is 8.83. The fraction of sp³-hybridized carbons (Fsp3) is 0.423. The molecule has 0 aliphatic carbocycles. The van der Waals surface area contributed by atoms with Gasteiger partial charge < -0.3 is 10.1 Å².